The Hall–Kier alpha value is -1.64. The summed E-state index contributed by atoms with van der Waals surface area (Å²) in [6.45, 7) is 3.06. The Morgan fingerprint density at radius 3 is 3.04 bits per heavy atom. The Kier molecular flexibility index (Phi) is 6.82. The van der Waals surface area contributed by atoms with Crippen LogP contribution >= 0.6 is 0 Å². The van der Waals surface area contributed by atoms with Crippen LogP contribution in [0.25, 0.3) is 0 Å². The van der Waals surface area contributed by atoms with Gasteiger partial charge >= 0.3 is 6.03 Å². The molecule has 2 heterocycles. The number of carbonyl (C=O) groups is 1. The Morgan fingerprint density at radius 2 is 2.30 bits per heavy atom. The number of rotatable bonds is 7. The van der Waals surface area contributed by atoms with Crippen LogP contribution in [-0.4, -0.2) is 54.8 Å². The minimum atomic E-state index is -0.575. The molecule has 1 aliphatic heterocycles. The van der Waals surface area contributed by atoms with Crippen LogP contribution in [0.5, 0.6) is 0 Å². The highest BCUT2D eigenvalue weighted by molar-refractivity contribution is 5.73. The number of hydrogen-bond acceptors (Lipinski definition) is 6. The smallest absolute Gasteiger partial charge is 0.314 e. The van der Waals surface area contributed by atoms with Crippen molar-refractivity contribution in [2.24, 2.45) is 0 Å². The lowest BCUT2D eigenvalue weighted by Gasteiger charge is -2.33. The second kappa shape index (κ2) is 8.85. The van der Waals surface area contributed by atoms with Crippen molar-refractivity contribution in [1.82, 2.24) is 15.8 Å². The molecule has 3 N–H and O–H groups in total. The van der Waals surface area contributed by atoms with Gasteiger partial charge in [0.05, 0.1) is 17.9 Å². The van der Waals surface area contributed by atoms with Crippen molar-refractivity contribution in [2.45, 2.75) is 51.1 Å². The van der Waals surface area contributed by atoms with E-state index in [0.29, 0.717) is 31.8 Å². The van der Waals surface area contributed by atoms with Gasteiger partial charge in [0.15, 0.2) is 5.76 Å². The molecular weight excluding hydrogens is 302 g/mol. The maximum Gasteiger partial charge on any atom is 0.314 e. The summed E-state index contributed by atoms with van der Waals surface area (Å²) in [4.78, 5) is 11.4. The number of carbonyl (C=O) groups excluding carboxylic acids is 1. The number of aromatic nitrogens is 1. The Labute approximate surface area is 135 Å². The average molecular weight is 327 g/mol. The van der Waals surface area contributed by atoms with Gasteiger partial charge in [-0.1, -0.05) is 5.16 Å². The van der Waals surface area contributed by atoms with E-state index in [1.165, 1.54) is 0 Å². The van der Waals surface area contributed by atoms with Gasteiger partial charge in [-0.15, -0.1) is 0 Å². The normalized spacial score (nSPS) is 24.4. The number of aliphatic hydroxyl groups is 1. The zero-order valence-corrected chi connectivity index (χ0v) is 13.6. The first-order valence-corrected chi connectivity index (χ1v) is 7.91. The Bertz CT molecular complexity index is 493. The highest BCUT2D eigenvalue weighted by Crippen LogP contribution is 2.22. The second-order valence-corrected chi connectivity index (χ2v) is 5.60. The van der Waals surface area contributed by atoms with E-state index >= 15 is 0 Å². The molecule has 2 amide bonds. The molecule has 1 aromatic rings. The van der Waals surface area contributed by atoms with E-state index in [0.717, 1.165) is 12.1 Å². The summed E-state index contributed by atoms with van der Waals surface area (Å²) in [5.74, 6) is 0.674. The molecule has 1 aliphatic rings. The van der Waals surface area contributed by atoms with Gasteiger partial charge in [-0.3, -0.25) is 0 Å². The van der Waals surface area contributed by atoms with E-state index in [2.05, 4.69) is 15.8 Å². The van der Waals surface area contributed by atoms with Crippen LogP contribution in [0, 0.1) is 0 Å². The van der Waals surface area contributed by atoms with Crippen molar-refractivity contribution in [1.29, 1.82) is 0 Å². The van der Waals surface area contributed by atoms with E-state index in [1.807, 2.05) is 13.0 Å². The van der Waals surface area contributed by atoms with E-state index in [-0.39, 0.29) is 18.7 Å². The van der Waals surface area contributed by atoms with Gasteiger partial charge in [0.2, 0.25) is 0 Å². The first-order chi connectivity index (χ1) is 11.1. The van der Waals surface area contributed by atoms with Gasteiger partial charge in [0.25, 0.3) is 0 Å². The van der Waals surface area contributed by atoms with Crippen molar-refractivity contribution >= 4 is 6.03 Å². The maximum atomic E-state index is 11.4. The molecule has 0 saturated carbocycles. The molecule has 130 valence electrons. The molecule has 0 bridgehead atoms. The monoisotopic (exact) mass is 327 g/mol. The summed E-state index contributed by atoms with van der Waals surface area (Å²) in [5.41, 5.74) is 0.800. The van der Waals surface area contributed by atoms with Crippen molar-refractivity contribution < 1.29 is 23.9 Å². The maximum absolute atomic E-state index is 11.4. The van der Waals surface area contributed by atoms with Crippen LogP contribution in [0.1, 0.15) is 31.2 Å². The molecule has 0 aromatic carbocycles. The lowest BCUT2D eigenvalue weighted by atomic mass is 9.98. The minimum Gasteiger partial charge on any atom is -0.390 e. The zero-order valence-electron chi connectivity index (χ0n) is 13.6. The molecule has 0 unspecified atom stereocenters. The van der Waals surface area contributed by atoms with Gasteiger partial charge in [0, 0.05) is 32.7 Å². The van der Waals surface area contributed by atoms with E-state index in [1.54, 1.807) is 7.11 Å². The summed E-state index contributed by atoms with van der Waals surface area (Å²) in [5, 5.41) is 19.4. The number of nitrogens with zero attached hydrogens (tertiary/aromatic N) is 1. The second-order valence-electron chi connectivity index (χ2n) is 5.60. The van der Waals surface area contributed by atoms with Gasteiger partial charge in [-0.2, -0.15) is 0 Å². The van der Waals surface area contributed by atoms with Crippen LogP contribution in [-0.2, 0) is 22.5 Å². The molecule has 8 heteroatoms. The molecule has 23 heavy (non-hydrogen) atoms. The molecule has 0 radical (unpaired) electrons. The fraction of sp³-hybridized carbons (Fsp3) is 0.733. The number of ether oxygens (including phenoxy) is 2. The van der Waals surface area contributed by atoms with E-state index in [9.17, 15) is 9.90 Å². The van der Waals surface area contributed by atoms with Gasteiger partial charge < -0.3 is 29.7 Å². The fourth-order valence-corrected chi connectivity index (χ4v) is 2.59. The number of nitrogens with one attached hydrogen (secondary N) is 2. The number of aliphatic hydroxyl groups excluding tert-OH is 1. The predicted octanol–water partition coefficient (Wildman–Crippen LogP) is 0.591. The third-order valence-electron chi connectivity index (χ3n) is 3.71. The van der Waals surface area contributed by atoms with Crippen molar-refractivity contribution in [3.05, 3.63) is 17.5 Å². The molecule has 1 saturated heterocycles. The lowest BCUT2D eigenvalue weighted by molar-refractivity contribution is -0.113. The largest absolute Gasteiger partial charge is 0.390 e. The van der Waals surface area contributed by atoms with Gasteiger partial charge in [-0.25, -0.2) is 4.79 Å². The van der Waals surface area contributed by atoms with Crippen molar-refractivity contribution in [2.75, 3.05) is 20.2 Å². The topological polar surface area (TPSA) is 106 Å². The quantitative estimate of drug-likeness (QED) is 0.677. The summed E-state index contributed by atoms with van der Waals surface area (Å²) >= 11 is 0. The summed E-state index contributed by atoms with van der Waals surface area (Å²) < 4.78 is 16.0. The molecule has 3 atom stereocenters. The van der Waals surface area contributed by atoms with Gasteiger partial charge in [0.1, 0.15) is 12.7 Å². The van der Waals surface area contributed by atoms with Crippen molar-refractivity contribution in [3.63, 3.8) is 0 Å². The Morgan fingerprint density at radius 1 is 1.48 bits per heavy atom. The first-order valence-electron chi connectivity index (χ1n) is 7.91. The van der Waals surface area contributed by atoms with Crippen LogP contribution in [0.3, 0.4) is 0 Å². The highest BCUT2D eigenvalue weighted by Gasteiger charge is 2.30. The van der Waals surface area contributed by atoms with Crippen LogP contribution in [0.15, 0.2) is 10.6 Å². The summed E-state index contributed by atoms with van der Waals surface area (Å²) in [7, 11) is 1.60. The first kappa shape index (κ1) is 17.7. The fourth-order valence-electron chi connectivity index (χ4n) is 2.59. The zero-order chi connectivity index (χ0) is 16.7. The number of methoxy groups -OCH3 is 1. The number of amides is 2. The van der Waals surface area contributed by atoms with Crippen molar-refractivity contribution in [3.8, 4) is 0 Å². The SMILES string of the molecule is CCNC(=O)NC[C@H]1O[C@H](Cc2cc(COC)on2)CC[C@@H]1O. The lowest BCUT2D eigenvalue weighted by Crippen LogP contribution is -2.48. The molecule has 1 fully saturated rings. The highest BCUT2D eigenvalue weighted by atomic mass is 16.5. The van der Waals surface area contributed by atoms with Gasteiger partial charge in [-0.05, 0) is 19.8 Å². The molecular formula is C15H25N3O5. The molecule has 0 aliphatic carbocycles. The molecule has 0 spiro atoms. The minimum absolute atomic E-state index is 0.0556. The molecule has 8 nitrogen and oxygen atoms in total. The van der Waals surface area contributed by atoms with E-state index < -0.39 is 12.2 Å². The standard InChI is InChI=1S/C15H25N3O5/c1-3-16-15(20)17-8-14-13(19)5-4-11(22-14)6-10-7-12(9-21-2)23-18-10/h7,11,13-14,19H,3-6,8-9H2,1-2H3,(H2,16,17,20)/t11-,13-,14+/m0/s1. The molecule has 1 aromatic heterocycles. The average Bonchev–Trinajstić information content (AvgIpc) is 2.96. The molecule has 2 rings (SSSR count). The number of hydrogen-bond donors (Lipinski definition) is 3. The summed E-state index contributed by atoms with van der Waals surface area (Å²) in [6.07, 6.45) is 0.939. The van der Waals surface area contributed by atoms with Crippen LogP contribution in [0.2, 0.25) is 0 Å². The number of urea groups is 1. The Balaban J connectivity index is 1.82. The van der Waals surface area contributed by atoms with Crippen LogP contribution in [0.4, 0.5) is 4.79 Å². The van der Waals surface area contributed by atoms with Crippen LogP contribution < -0.4 is 10.6 Å². The third-order valence-corrected chi connectivity index (χ3v) is 3.71. The van der Waals surface area contributed by atoms with E-state index in [4.69, 9.17) is 14.0 Å². The summed E-state index contributed by atoms with van der Waals surface area (Å²) in [6, 6.07) is 1.59. The third kappa shape index (κ3) is 5.49. The predicted molar refractivity (Wildman–Crippen MR) is 81.9 cm³/mol.